The molecule has 0 saturated heterocycles. The second-order valence-electron chi connectivity index (χ2n) is 37.1. The van der Waals surface area contributed by atoms with Gasteiger partial charge in [-0.3, -0.25) is 0 Å². The second-order valence-corrected chi connectivity index (χ2v) is 37.1. The molecule has 0 bridgehead atoms. The van der Waals surface area contributed by atoms with Gasteiger partial charge in [-0.2, -0.15) is 0 Å². The van der Waals surface area contributed by atoms with Gasteiger partial charge in [0.05, 0.1) is 33.1 Å². The van der Waals surface area contributed by atoms with Crippen LogP contribution in [0.2, 0.25) is 0 Å². The molecular weight excluding hydrogens is 1760 g/mol. The average Bonchev–Trinajstić information content (AvgIpc) is 1.59. The van der Waals surface area contributed by atoms with Crippen LogP contribution in [0.1, 0.15) is 0 Å². The van der Waals surface area contributed by atoms with E-state index >= 15 is 0 Å². The highest BCUT2D eigenvalue weighted by atomic mass is 16.3. The highest BCUT2D eigenvalue weighted by molar-refractivity contribution is 6.13. The summed E-state index contributed by atoms with van der Waals surface area (Å²) >= 11 is 0. The van der Waals surface area contributed by atoms with Crippen molar-refractivity contribution in [3.05, 3.63) is 570 Å². The van der Waals surface area contributed by atoms with E-state index in [2.05, 4.69) is 587 Å². The summed E-state index contributed by atoms with van der Waals surface area (Å²) in [4.78, 5) is 6.96. The molecule has 0 amide bonds. The number of hydrogen-bond donors (Lipinski definition) is 0. The molecule has 145 heavy (non-hydrogen) atoms. The number of hydrogen-bond acceptors (Lipinski definition) is 4. The van der Waals surface area contributed by atoms with Gasteiger partial charge in [-0.1, -0.05) is 358 Å². The fourth-order valence-corrected chi connectivity index (χ4v) is 21.4. The van der Waals surface area contributed by atoms with Gasteiger partial charge in [-0.25, -0.2) is 0 Å². The van der Waals surface area contributed by atoms with Crippen molar-refractivity contribution in [3.8, 4) is 72.7 Å². The highest BCUT2D eigenvalue weighted by Crippen LogP contribution is 2.46. The molecule has 0 spiro atoms. The van der Waals surface area contributed by atoms with Crippen LogP contribution in [0.3, 0.4) is 0 Å². The van der Waals surface area contributed by atoms with E-state index in [0.717, 1.165) is 90.2 Å². The quantitative estimate of drug-likeness (QED) is 0.0911. The molecule has 0 unspecified atom stereocenters. The van der Waals surface area contributed by atoms with Crippen molar-refractivity contribution in [1.82, 2.24) is 13.7 Å². The summed E-state index contributed by atoms with van der Waals surface area (Å²) in [6, 6.07) is 205. The normalized spacial score (nSPS) is 11.4. The van der Waals surface area contributed by atoms with Crippen LogP contribution >= 0.6 is 0 Å². The lowest BCUT2D eigenvalue weighted by molar-refractivity contribution is 0.669. The standard InChI is InChI=1S/C46H30N2O.2C46H32N2/c1-2-10-33-29-34(18-17-31(33)9-1)32-19-21-35(22-20-32)47(38-27-28-42-41-13-5-8-16-45(41)49-46(42)30-38)36-23-25-37(26-24-36)48-43-14-6-3-11-39(43)40-12-4-7-15-44(40)48;1-3-11-33(12-4-1)38-23-30-44-43-17-9-10-18-45(43)48(46(44)32-38)42-28-26-41(27-29-42)47(39-15-5-2-6-16-39)40-24-21-35(22-25-40)37-20-19-34-13-7-8-14-36(34)31-37;1-2-12-39(13-3-1)47(41-28-24-36(25-29-41)38-19-18-33-10-4-5-11-37(33)32-38)40-26-20-34(21-27-40)35-22-30-42(31-23-35)48-45-16-8-6-14-43(45)44-15-7-9-17-46(44)48/h1-30H;2*1-32H. The monoisotopic (exact) mass is 1850 g/mol. The van der Waals surface area contributed by atoms with E-state index in [-0.39, 0.29) is 0 Å². The molecule has 0 aliphatic carbocycles. The molecule has 682 valence electrons. The van der Waals surface area contributed by atoms with E-state index in [0.29, 0.717) is 0 Å². The first-order valence-corrected chi connectivity index (χ1v) is 49.6. The van der Waals surface area contributed by atoms with Crippen LogP contribution in [0.15, 0.2) is 575 Å². The molecule has 28 aromatic rings. The number of furan rings is 1. The first kappa shape index (κ1) is 86.0. The Hall–Kier alpha value is -19.3. The van der Waals surface area contributed by atoms with Gasteiger partial charge in [0, 0.05) is 117 Å². The Bertz CT molecular complexity index is 9540. The number of fused-ring (bicyclic) bond motifs is 15. The topological polar surface area (TPSA) is 37.6 Å². The first-order chi connectivity index (χ1) is 71.9. The van der Waals surface area contributed by atoms with Gasteiger partial charge in [-0.05, 0) is 294 Å². The third kappa shape index (κ3) is 16.4. The van der Waals surface area contributed by atoms with Crippen molar-refractivity contribution in [2.24, 2.45) is 0 Å². The molecule has 0 aliphatic rings. The molecule has 0 N–H and O–H groups in total. The van der Waals surface area contributed by atoms with E-state index < -0.39 is 0 Å². The molecule has 24 aromatic carbocycles. The van der Waals surface area contributed by atoms with Crippen molar-refractivity contribution >= 4 is 171 Å². The summed E-state index contributed by atoms with van der Waals surface area (Å²) in [5.74, 6) is 0. The minimum Gasteiger partial charge on any atom is -0.456 e. The lowest BCUT2D eigenvalue weighted by atomic mass is 10.0. The molecule has 7 nitrogen and oxygen atoms in total. The molecule has 0 radical (unpaired) electrons. The van der Waals surface area contributed by atoms with Crippen LogP contribution in [0.4, 0.5) is 51.2 Å². The molecule has 0 aliphatic heterocycles. The van der Waals surface area contributed by atoms with Crippen molar-refractivity contribution < 1.29 is 4.42 Å². The second kappa shape index (κ2) is 37.4. The number of benzene rings is 24. The first-order valence-electron chi connectivity index (χ1n) is 49.6. The Balaban J connectivity index is 0.000000111. The maximum atomic E-state index is 6.35. The van der Waals surface area contributed by atoms with E-state index in [1.54, 1.807) is 0 Å². The smallest absolute Gasteiger partial charge is 0.137 e. The van der Waals surface area contributed by atoms with Crippen molar-refractivity contribution in [1.29, 1.82) is 0 Å². The molecule has 0 fully saturated rings. The zero-order valence-corrected chi connectivity index (χ0v) is 79.4. The number of anilines is 9. The Morgan fingerprint density at radius 2 is 0.345 bits per heavy atom. The van der Waals surface area contributed by atoms with Gasteiger partial charge in [0.1, 0.15) is 11.2 Å². The fourth-order valence-electron chi connectivity index (χ4n) is 21.4. The SMILES string of the molecule is c1ccc(-c2ccc3c4ccccc4n(-c4ccc(N(c5ccccc5)c5ccc(-c6ccc7ccccc7c6)cc5)cc4)c3c2)cc1.c1ccc(N(c2ccc(-c3ccc(-n4c5ccccc5c5ccccc54)cc3)cc2)c2ccc(-c3ccc4ccccc4c3)cc2)cc1.c1ccc2cc(-c3ccc(N(c4ccc(-n5c6ccccc6c6ccccc65)cc4)c4ccc5c(c4)oc4ccccc45)cc3)ccc2c1. The lowest BCUT2D eigenvalue weighted by Gasteiger charge is -2.26. The highest BCUT2D eigenvalue weighted by Gasteiger charge is 2.23. The summed E-state index contributed by atoms with van der Waals surface area (Å²) in [7, 11) is 0. The van der Waals surface area contributed by atoms with Gasteiger partial charge in [0.25, 0.3) is 0 Å². The largest absolute Gasteiger partial charge is 0.456 e. The van der Waals surface area contributed by atoms with Crippen LogP contribution in [0.5, 0.6) is 0 Å². The van der Waals surface area contributed by atoms with Gasteiger partial charge in [0.15, 0.2) is 0 Å². The van der Waals surface area contributed by atoms with Crippen LogP contribution < -0.4 is 14.7 Å². The Morgan fingerprint density at radius 3 is 0.717 bits per heavy atom. The summed E-state index contributed by atoms with van der Waals surface area (Å²) in [6.07, 6.45) is 0. The molecular formula is C138H94N6O. The Kier molecular flexibility index (Phi) is 22.2. The van der Waals surface area contributed by atoms with Gasteiger partial charge >= 0.3 is 0 Å². The maximum absolute atomic E-state index is 6.35. The minimum atomic E-state index is 0.874. The summed E-state index contributed by atoms with van der Waals surface area (Å²) < 4.78 is 13.5. The average molecular weight is 1850 g/mol. The van der Waals surface area contributed by atoms with Gasteiger partial charge < -0.3 is 32.8 Å². The van der Waals surface area contributed by atoms with Crippen molar-refractivity contribution in [2.45, 2.75) is 0 Å². The van der Waals surface area contributed by atoms with Crippen LogP contribution in [0.25, 0.3) is 192 Å². The van der Waals surface area contributed by atoms with Crippen molar-refractivity contribution in [2.75, 3.05) is 14.7 Å². The zero-order chi connectivity index (χ0) is 96.0. The third-order valence-corrected chi connectivity index (χ3v) is 28.5. The number of para-hydroxylation sites is 8. The number of nitrogens with zero attached hydrogens (tertiary/aromatic N) is 6. The molecule has 0 saturated carbocycles. The summed E-state index contributed by atoms with van der Waals surface area (Å²) in [6.45, 7) is 0. The number of rotatable bonds is 17. The Morgan fingerprint density at radius 1 is 0.124 bits per heavy atom. The predicted molar refractivity (Wildman–Crippen MR) is 613 cm³/mol. The fraction of sp³-hybridized carbons (Fsp3) is 0. The molecule has 28 rings (SSSR count). The summed E-state index contributed by atoms with van der Waals surface area (Å²) in [5, 5.41) is 17.4. The molecule has 4 aromatic heterocycles. The Labute approximate surface area is 840 Å². The molecule has 0 atom stereocenters. The van der Waals surface area contributed by atoms with E-state index in [9.17, 15) is 0 Å². The number of aromatic nitrogens is 3. The molecule has 7 heteroatoms. The van der Waals surface area contributed by atoms with Crippen LogP contribution in [0, 0.1) is 0 Å². The lowest BCUT2D eigenvalue weighted by Crippen LogP contribution is -2.10. The predicted octanol–water partition coefficient (Wildman–Crippen LogP) is 38.5. The molecule has 4 heterocycles. The van der Waals surface area contributed by atoms with Gasteiger partial charge in [-0.15, -0.1) is 0 Å². The van der Waals surface area contributed by atoms with Gasteiger partial charge in [0.2, 0.25) is 0 Å². The van der Waals surface area contributed by atoms with E-state index in [1.165, 1.54) is 153 Å². The maximum Gasteiger partial charge on any atom is 0.137 e. The van der Waals surface area contributed by atoms with Crippen LogP contribution in [-0.4, -0.2) is 13.7 Å². The van der Waals surface area contributed by atoms with E-state index in [4.69, 9.17) is 4.42 Å². The minimum absolute atomic E-state index is 0.874. The van der Waals surface area contributed by atoms with Crippen LogP contribution in [-0.2, 0) is 0 Å². The van der Waals surface area contributed by atoms with E-state index in [1.807, 2.05) is 12.1 Å². The summed E-state index contributed by atoms with van der Waals surface area (Å²) in [5.41, 5.74) is 34.4. The zero-order valence-electron chi connectivity index (χ0n) is 79.4. The van der Waals surface area contributed by atoms with Crippen molar-refractivity contribution in [3.63, 3.8) is 0 Å². The third-order valence-electron chi connectivity index (χ3n) is 28.5.